The van der Waals surface area contributed by atoms with Gasteiger partial charge in [0.05, 0.1) is 16.4 Å². The number of rotatable bonds is 2. The first-order valence-electron chi connectivity index (χ1n) is 8.49. The van der Waals surface area contributed by atoms with E-state index in [-0.39, 0.29) is 11.8 Å². The van der Waals surface area contributed by atoms with Crippen molar-refractivity contribution < 1.29 is 4.79 Å². The summed E-state index contributed by atoms with van der Waals surface area (Å²) in [7, 11) is 0. The van der Waals surface area contributed by atoms with Crippen molar-refractivity contribution in [3.05, 3.63) is 71.4 Å². The third-order valence-corrected chi connectivity index (χ3v) is 5.74. The van der Waals surface area contributed by atoms with Gasteiger partial charge in [0.2, 0.25) is 11.0 Å². The zero-order valence-corrected chi connectivity index (χ0v) is 15.0. The Labute approximate surface area is 154 Å². The summed E-state index contributed by atoms with van der Waals surface area (Å²) in [6, 6.07) is 16.3. The Morgan fingerprint density at radius 3 is 2.92 bits per heavy atom. The minimum atomic E-state index is 0.00636. The average molecular weight is 360 g/mol. The van der Waals surface area contributed by atoms with Crippen LogP contribution in [0.1, 0.15) is 29.0 Å². The summed E-state index contributed by atoms with van der Waals surface area (Å²) in [6.45, 7) is 2.07. The number of nitrogens with zero attached hydrogens (tertiary/aromatic N) is 3. The number of aryl methyl sites for hydroxylation is 1. The van der Waals surface area contributed by atoms with Crippen molar-refractivity contribution in [2.75, 3.05) is 5.32 Å². The Morgan fingerprint density at radius 1 is 1.19 bits per heavy atom. The summed E-state index contributed by atoms with van der Waals surface area (Å²) in [5, 5.41) is 8.30. The van der Waals surface area contributed by atoms with Gasteiger partial charge in [-0.15, -0.1) is 0 Å². The van der Waals surface area contributed by atoms with Crippen LogP contribution in [-0.2, 0) is 4.79 Å². The second-order valence-electron chi connectivity index (χ2n) is 6.54. The van der Waals surface area contributed by atoms with Crippen LogP contribution in [0.3, 0.4) is 0 Å². The Bertz CT molecular complexity index is 1110. The fourth-order valence-electron chi connectivity index (χ4n) is 3.50. The molecule has 6 heteroatoms. The first kappa shape index (κ1) is 15.3. The van der Waals surface area contributed by atoms with E-state index in [0.29, 0.717) is 6.42 Å². The predicted octanol–water partition coefficient (Wildman–Crippen LogP) is 4.26. The fraction of sp³-hybridized carbons (Fsp3) is 0.150. The van der Waals surface area contributed by atoms with Crippen molar-refractivity contribution in [1.29, 1.82) is 0 Å². The largest absolute Gasteiger partial charge is 0.310 e. The van der Waals surface area contributed by atoms with E-state index >= 15 is 0 Å². The van der Waals surface area contributed by atoms with Crippen LogP contribution in [0.15, 0.2) is 54.7 Å². The van der Waals surface area contributed by atoms with Crippen LogP contribution in [-0.4, -0.2) is 20.7 Å². The van der Waals surface area contributed by atoms with Gasteiger partial charge in [0.1, 0.15) is 5.82 Å². The second kappa shape index (κ2) is 5.78. The van der Waals surface area contributed by atoms with Gasteiger partial charge in [0.25, 0.3) is 0 Å². The monoisotopic (exact) mass is 360 g/mol. The molecule has 1 aliphatic rings. The highest BCUT2D eigenvalue weighted by Crippen LogP contribution is 2.39. The molecule has 2 aromatic carbocycles. The van der Waals surface area contributed by atoms with E-state index in [0.717, 1.165) is 32.3 Å². The lowest BCUT2D eigenvalue weighted by atomic mass is 9.87. The molecule has 2 aromatic heterocycles. The predicted molar refractivity (Wildman–Crippen MR) is 103 cm³/mol. The molecule has 128 valence electrons. The molecule has 4 aromatic rings. The molecule has 5 nitrogen and oxygen atoms in total. The van der Waals surface area contributed by atoms with Gasteiger partial charge in [-0.2, -0.15) is 9.78 Å². The van der Waals surface area contributed by atoms with E-state index in [1.165, 1.54) is 5.56 Å². The van der Waals surface area contributed by atoms with E-state index in [1.807, 2.05) is 36.5 Å². The minimum absolute atomic E-state index is 0.00636. The van der Waals surface area contributed by atoms with Crippen LogP contribution in [0, 0.1) is 6.92 Å². The summed E-state index contributed by atoms with van der Waals surface area (Å²) in [4.78, 5) is 17.0. The standard InChI is InChI=1S/C20H16N4OS/c1-12-5-4-6-13(9-12)14-10-18(25)23-19-15(14)11-21-24(19)20-22-16-7-2-3-8-17(16)26-20/h2-9,11,14H,10H2,1H3,(H,23,25). The second-order valence-corrected chi connectivity index (χ2v) is 7.55. The molecule has 1 amide bonds. The van der Waals surface area contributed by atoms with Crippen molar-refractivity contribution in [2.45, 2.75) is 19.3 Å². The Balaban J connectivity index is 1.64. The maximum absolute atomic E-state index is 12.4. The van der Waals surface area contributed by atoms with Gasteiger partial charge in [0, 0.05) is 17.9 Å². The Morgan fingerprint density at radius 2 is 2.08 bits per heavy atom. The number of anilines is 1. The highest BCUT2D eigenvalue weighted by molar-refractivity contribution is 7.20. The molecule has 0 radical (unpaired) electrons. The number of nitrogens with one attached hydrogen (secondary N) is 1. The molecule has 0 aliphatic carbocycles. The van der Waals surface area contributed by atoms with Crippen LogP contribution < -0.4 is 5.32 Å². The third-order valence-electron chi connectivity index (χ3n) is 4.73. The zero-order chi connectivity index (χ0) is 17.7. The summed E-state index contributed by atoms with van der Waals surface area (Å²) >= 11 is 1.57. The molecule has 0 fully saturated rings. The lowest BCUT2D eigenvalue weighted by Crippen LogP contribution is -2.24. The average Bonchev–Trinajstić information content (AvgIpc) is 3.24. The molecule has 1 unspecified atom stereocenters. The number of hydrogen-bond donors (Lipinski definition) is 1. The molecule has 5 rings (SSSR count). The number of hydrogen-bond acceptors (Lipinski definition) is 4. The fourth-order valence-corrected chi connectivity index (χ4v) is 4.43. The number of carbonyl (C=O) groups excluding carboxylic acids is 1. The lowest BCUT2D eigenvalue weighted by Gasteiger charge is -2.23. The normalized spacial score (nSPS) is 16.5. The molecular weight excluding hydrogens is 344 g/mol. The number of fused-ring (bicyclic) bond motifs is 2. The van der Waals surface area contributed by atoms with Gasteiger partial charge >= 0.3 is 0 Å². The van der Waals surface area contributed by atoms with E-state index in [2.05, 4.69) is 40.5 Å². The summed E-state index contributed by atoms with van der Waals surface area (Å²) in [5.74, 6) is 0.750. The van der Waals surface area contributed by atoms with Crippen LogP contribution >= 0.6 is 11.3 Å². The molecule has 1 N–H and O–H groups in total. The summed E-state index contributed by atoms with van der Waals surface area (Å²) < 4.78 is 2.85. The van der Waals surface area contributed by atoms with Crippen LogP contribution in [0.4, 0.5) is 5.82 Å². The molecule has 0 saturated heterocycles. The molecule has 0 saturated carbocycles. The molecule has 3 heterocycles. The van der Waals surface area contributed by atoms with Crippen LogP contribution in [0.2, 0.25) is 0 Å². The van der Waals surface area contributed by atoms with Gasteiger partial charge in [-0.25, -0.2) is 4.98 Å². The summed E-state index contributed by atoms with van der Waals surface area (Å²) in [6.07, 6.45) is 2.29. The maximum atomic E-state index is 12.4. The van der Waals surface area contributed by atoms with Crippen molar-refractivity contribution in [1.82, 2.24) is 14.8 Å². The zero-order valence-electron chi connectivity index (χ0n) is 14.1. The highest BCUT2D eigenvalue weighted by atomic mass is 32.1. The smallest absolute Gasteiger partial charge is 0.226 e. The van der Waals surface area contributed by atoms with Gasteiger partial charge in [-0.05, 0) is 24.6 Å². The lowest BCUT2D eigenvalue weighted by molar-refractivity contribution is -0.116. The Kier molecular flexibility index (Phi) is 3.39. The van der Waals surface area contributed by atoms with E-state index in [1.54, 1.807) is 16.0 Å². The molecular formula is C20H16N4OS. The van der Waals surface area contributed by atoms with E-state index < -0.39 is 0 Å². The number of para-hydroxylation sites is 1. The highest BCUT2D eigenvalue weighted by Gasteiger charge is 2.31. The number of amides is 1. The number of benzene rings is 2. The first-order chi connectivity index (χ1) is 12.7. The van der Waals surface area contributed by atoms with Gasteiger partial charge in [-0.3, -0.25) is 4.79 Å². The number of carbonyl (C=O) groups is 1. The third kappa shape index (κ3) is 2.42. The minimum Gasteiger partial charge on any atom is -0.310 e. The number of thiazole rings is 1. The Hall–Kier alpha value is -2.99. The molecule has 1 aliphatic heterocycles. The summed E-state index contributed by atoms with van der Waals surface area (Å²) in [5.41, 5.74) is 4.31. The molecule has 0 bridgehead atoms. The van der Waals surface area contributed by atoms with Gasteiger partial charge in [-0.1, -0.05) is 53.3 Å². The quantitative estimate of drug-likeness (QED) is 0.581. The van der Waals surface area contributed by atoms with Crippen molar-refractivity contribution in [3.8, 4) is 5.13 Å². The molecule has 1 atom stereocenters. The van der Waals surface area contributed by atoms with Crippen molar-refractivity contribution in [3.63, 3.8) is 0 Å². The van der Waals surface area contributed by atoms with Gasteiger partial charge < -0.3 is 5.32 Å². The van der Waals surface area contributed by atoms with Gasteiger partial charge in [0.15, 0.2) is 0 Å². The van der Waals surface area contributed by atoms with E-state index in [4.69, 9.17) is 0 Å². The van der Waals surface area contributed by atoms with Crippen molar-refractivity contribution in [2.24, 2.45) is 0 Å². The SMILES string of the molecule is Cc1cccc(C2CC(=O)Nc3c2cnn3-c2nc3ccccc3s2)c1. The molecule has 0 spiro atoms. The first-order valence-corrected chi connectivity index (χ1v) is 9.31. The topological polar surface area (TPSA) is 59.8 Å². The van der Waals surface area contributed by atoms with E-state index in [9.17, 15) is 4.79 Å². The maximum Gasteiger partial charge on any atom is 0.226 e. The van der Waals surface area contributed by atoms with Crippen molar-refractivity contribution >= 4 is 33.3 Å². The van der Waals surface area contributed by atoms with Crippen LogP contribution in [0.25, 0.3) is 15.3 Å². The van der Waals surface area contributed by atoms with Crippen LogP contribution in [0.5, 0.6) is 0 Å². The number of aromatic nitrogens is 3. The molecule has 26 heavy (non-hydrogen) atoms.